The van der Waals surface area contributed by atoms with Gasteiger partial charge in [0.05, 0.1) is 13.2 Å². The SMILES string of the molecule is CCCCCCCCOC(C=CCCC(OC)OC)OC(C=CCCC(OC)OC)OCCCCCCCC. The fourth-order valence-electron chi connectivity index (χ4n) is 4.12. The largest absolute Gasteiger partial charge is 0.356 e. The first kappa shape index (κ1) is 38.2. The van der Waals surface area contributed by atoms with E-state index in [-0.39, 0.29) is 12.6 Å². The molecule has 0 spiro atoms. The predicted molar refractivity (Wildman–Crippen MR) is 160 cm³/mol. The second-order valence-corrected chi connectivity index (χ2v) is 9.96. The lowest BCUT2D eigenvalue weighted by atomic mass is 10.1. The summed E-state index contributed by atoms with van der Waals surface area (Å²) in [6.07, 6.45) is 24.5. The Morgan fingerprint density at radius 1 is 0.487 bits per heavy atom. The molecule has 0 N–H and O–H groups in total. The molecule has 0 amide bonds. The van der Waals surface area contributed by atoms with Crippen molar-refractivity contribution in [2.24, 2.45) is 0 Å². The lowest BCUT2D eigenvalue weighted by Crippen LogP contribution is -2.25. The van der Waals surface area contributed by atoms with Crippen molar-refractivity contribution in [1.29, 1.82) is 0 Å². The van der Waals surface area contributed by atoms with Gasteiger partial charge in [0.1, 0.15) is 0 Å². The van der Waals surface area contributed by atoms with Gasteiger partial charge in [0.15, 0.2) is 25.2 Å². The molecule has 0 bridgehead atoms. The molecule has 0 heterocycles. The van der Waals surface area contributed by atoms with Gasteiger partial charge in [-0.25, -0.2) is 0 Å². The average molecular weight is 559 g/mol. The highest BCUT2D eigenvalue weighted by Gasteiger charge is 2.14. The zero-order valence-corrected chi connectivity index (χ0v) is 26.2. The quantitative estimate of drug-likeness (QED) is 0.0499. The number of hydrogen-bond donors (Lipinski definition) is 0. The van der Waals surface area contributed by atoms with Crippen LogP contribution in [-0.2, 0) is 33.2 Å². The topological polar surface area (TPSA) is 64.6 Å². The Hall–Kier alpha value is -0.800. The van der Waals surface area contributed by atoms with Crippen LogP contribution in [0.3, 0.4) is 0 Å². The number of ether oxygens (including phenoxy) is 7. The molecule has 0 saturated carbocycles. The molecule has 0 fully saturated rings. The third-order valence-corrected chi connectivity index (χ3v) is 6.60. The average Bonchev–Trinajstić information content (AvgIpc) is 2.95. The molecular weight excluding hydrogens is 496 g/mol. The van der Waals surface area contributed by atoms with Crippen LogP contribution in [0.5, 0.6) is 0 Å². The second-order valence-electron chi connectivity index (χ2n) is 9.96. The molecule has 0 saturated heterocycles. The van der Waals surface area contributed by atoms with Crippen LogP contribution < -0.4 is 0 Å². The molecule has 2 atom stereocenters. The minimum Gasteiger partial charge on any atom is -0.356 e. The van der Waals surface area contributed by atoms with Crippen molar-refractivity contribution < 1.29 is 33.2 Å². The maximum atomic E-state index is 6.32. The van der Waals surface area contributed by atoms with Gasteiger partial charge in [-0.2, -0.15) is 0 Å². The van der Waals surface area contributed by atoms with E-state index in [0.717, 1.165) is 38.5 Å². The van der Waals surface area contributed by atoms with Gasteiger partial charge in [0.2, 0.25) is 0 Å². The van der Waals surface area contributed by atoms with E-state index in [2.05, 4.69) is 26.0 Å². The van der Waals surface area contributed by atoms with E-state index in [1.807, 2.05) is 12.2 Å². The van der Waals surface area contributed by atoms with E-state index in [4.69, 9.17) is 33.2 Å². The first-order chi connectivity index (χ1) is 19.1. The molecule has 39 heavy (non-hydrogen) atoms. The van der Waals surface area contributed by atoms with Crippen molar-refractivity contribution in [1.82, 2.24) is 0 Å². The summed E-state index contributed by atoms with van der Waals surface area (Å²) in [5.74, 6) is 0. The molecule has 2 unspecified atom stereocenters. The lowest BCUT2D eigenvalue weighted by Gasteiger charge is -2.22. The number of rotatable bonds is 30. The van der Waals surface area contributed by atoms with Crippen LogP contribution in [0.25, 0.3) is 0 Å². The Balaban J connectivity index is 5.03. The third kappa shape index (κ3) is 24.7. The second kappa shape index (κ2) is 30.2. The summed E-state index contributed by atoms with van der Waals surface area (Å²) in [4.78, 5) is 0. The van der Waals surface area contributed by atoms with Gasteiger partial charge in [-0.15, -0.1) is 0 Å². The Kier molecular flexibility index (Phi) is 29.5. The van der Waals surface area contributed by atoms with Gasteiger partial charge < -0.3 is 33.2 Å². The van der Waals surface area contributed by atoms with Crippen molar-refractivity contribution in [2.75, 3.05) is 41.7 Å². The van der Waals surface area contributed by atoms with Crippen molar-refractivity contribution >= 4 is 0 Å². The summed E-state index contributed by atoms with van der Waals surface area (Å²) in [5.41, 5.74) is 0. The fraction of sp³-hybridized carbons (Fsp3) is 0.875. The predicted octanol–water partition coefficient (Wildman–Crippen LogP) is 8.32. The first-order valence-electron chi connectivity index (χ1n) is 15.5. The van der Waals surface area contributed by atoms with Crippen molar-refractivity contribution in [2.45, 2.75) is 142 Å². The molecule has 0 aromatic carbocycles. The summed E-state index contributed by atoms with van der Waals surface area (Å²) in [6, 6.07) is 0. The maximum Gasteiger partial charge on any atom is 0.180 e. The van der Waals surface area contributed by atoms with Gasteiger partial charge in [0.25, 0.3) is 0 Å². The van der Waals surface area contributed by atoms with Crippen LogP contribution in [-0.4, -0.2) is 66.8 Å². The number of allylic oxidation sites excluding steroid dienone is 2. The molecule has 0 aromatic heterocycles. The van der Waals surface area contributed by atoms with Crippen LogP contribution >= 0.6 is 0 Å². The molecule has 0 aromatic rings. The summed E-state index contributed by atoms with van der Waals surface area (Å²) in [5, 5.41) is 0. The fourth-order valence-corrected chi connectivity index (χ4v) is 4.12. The van der Waals surface area contributed by atoms with Crippen LogP contribution in [0.15, 0.2) is 24.3 Å². The molecule has 0 radical (unpaired) electrons. The lowest BCUT2D eigenvalue weighted by molar-refractivity contribution is -0.208. The zero-order chi connectivity index (χ0) is 28.8. The van der Waals surface area contributed by atoms with E-state index in [9.17, 15) is 0 Å². The third-order valence-electron chi connectivity index (χ3n) is 6.60. The summed E-state index contributed by atoms with van der Waals surface area (Å²) < 4.78 is 39.8. The summed E-state index contributed by atoms with van der Waals surface area (Å²) in [6.45, 7) is 5.81. The standard InChI is InChI=1S/C32H62O7/c1-7-9-11-13-15-21-27-37-31(25-19-17-23-29(33-3)34-4)39-32(26-20-18-24-30(35-5)36-6)38-28-22-16-14-12-10-8-2/h19-20,25-26,29-32H,7-18,21-24,27-28H2,1-6H3. The molecule has 0 aliphatic rings. The van der Waals surface area contributed by atoms with E-state index in [1.165, 1.54) is 64.2 Å². The molecular formula is C32H62O7. The van der Waals surface area contributed by atoms with E-state index in [0.29, 0.717) is 13.2 Å². The molecule has 0 aliphatic carbocycles. The van der Waals surface area contributed by atoms with Crippen LogP contribution in [0.1, 0.15) is 117 Å². The minimum atomic E-state index is -0.478. The molecule has 232 valence electrons. The highest BCUT2D eigenvalue weighted by atomic mass is 16.8. The Morgan fingerprint density at radius 3 is 1.21 bits per heavy atom. The van der Waals surface area contributed by atoms with E-state index < -0.39 is 12.6 Å². The minimum absolute atomic E-state index is 0.211. The van der Waals surface area contributed by atoms with Crippen LogP contribution in [0, 0.1) is 0 Å². The van der Waals surface area contributed by atoms with Gasteiger partial charge in [-0.05, 0) is 37.8 Å². The van der Waals surface area contributed by atoms with E-state index in [1.54, 1.807) is 28.4 Å². The molecule has 7 heteroatoms. The molecule has 0 aliphatic heterocycles. The summed E-state index contributed by atoms with van der Waals surface area (Å²) >= 11 is 0. The van der Waals surface area contributed by atoms with Crippen molar-refractivity contribution in [3.63, 3.8) is 0 Å². The number of hydrogen-bond acceptors (Lipinski definition) is 7. The number of methoxy groups -OCH3 is 4. The van der Waals surface area contributed by atoms with Gasteiger partial charge >= 0.3 is 0 Å². The van der Waals surface area contributed by atoms with Gasteiger partial charge in [-0.3, -0.25) is 0 Å². The Morgan fingerprint density at radius 2 is 0.846 bits per heavy atom. The van der Waals surface area contributed by atoms with Gasteiger partial charge in [0, 0.05) is 41.3 Å². The highest BCUT2D eigenvalue weighted by molar-refractivity contribution is 4.90. The molecule has 0 rings (SSSR count). The van der Waals surface area contributed by atoms with Crippen molar-refractivity contribution in [3.8, 4) is 0 Å². The maximum absolute atomic E-state index is 6.32. The zero-order valence-electron chi connectivity index (χ0n) is 26.2. The smallest absolute Gasteiger partial charge is 0.180 e. The number of unbranched alkanes of at least 4 members (excludes halogenated alkanes) is 10. The first-order valence-corrected chi connectivity index (χ1v) is 15.5. The molecule has 7 nitrogen and oxygen atoms in total. The monoisotopic (exact) mass is 558 g/mol. The van der Waals surface area contributed by atoms with E-state index >= 15 is 0 Å². The van der Waals surface area contributed by atoms with Crippen molar-refractivity contribution in [3.05, 3.63) is 24.3 Å². The normalized spacial score (nSPS) is 13.9. The van der Waals surface area contributed by atoms with Crippen LogP contribution in [0.4, 0.5) is 0 Å². The highest BCUT2D eigenvalue weighted by Crippen LogP contribution is 2.13. The Bertz CT molecular complexity index is 487. The Labute approximate surface area is 240 Å². The summed E-state index contributed by atoms with van der Waals surface area (Å²) in [7, 11) is 6.64. The van der Waals surface area contributed by atoms with Gasteiger partial charge in [-0.1, -0.05) is 90.2 Å². The van der Waals surface area contributed by atoms with Crippen LogP contribution in [0.2, 0.25) is 0 Å².